The first kappa shape index (κ1) is 14.8. The van der Waals surface area contributed by atoms with E-state index >= 15 is 0 Å². The minimum atomic E-state index is -0.513. The lowest BCUT2D eigenvalue weighted by molar-refractivity contribution is 0.0766. The van der Waals surface area contributed by atoms with Crippen LogP contribution in [0.25, 0.3) is 11.1 Å². The number of hydrazine groups is 1. The van der Waals surface area contributed by atoms with E-state index in [1.165, 1.54) is 23.5 Å². The average Bonchev–Trinajstić information content (AvgIpc) is 2.82. The molecule has 106 valence electrons. The Hall–Kier alpha value is -1.63. The Morgan fingerprint density at radius 1 is 1.50 bits per heavy atom. The van der Waals surface area contributed by atoms with Crippen LogP contribution in [0.4, 0.5) is 9.39 Å². The van der Waals surface area contributed by atoms with E-state index in [1.807, 2.05) is 0 Å². The van der Waals surface area contributed by atoms with Crippen LogP contribution >= 0.6 is 22.9 Å². The fourth-order valence-electron chi connectivity index (χ4n) is 1.76. The number of rotatable bonds is 3. The van der Waals surface area contributed by atoms with Crippen molar-refractivity contribution in [1.82, 2.24) is 5.01 Å². The first-order valence-electron chi connectivity index (χ1n) is 5.84. The first-order valence-corrected chi connectivity index (χ1v) is 7.10. The summed E-state index contributed by atoms with van der Waals surface area (Å²) in [4.78, 5) is 12.2. The van der Waals surface area contributed by atoms with E-state index in [1.54, 1.807) is 18.4 Å². The third-order valence-electron chi connectivity index (χ3n) is 2.87. The van der Waals surface area contributed by atoms with Crippen LogP contribution in [0.15, 0.2) is 23.6 Å². The maximum absolute atomic E-state index is 13.2. The lowest BCUT2D eigenvalue weighted by Crippen LogP contribution is -2.37. The van der Waals surface area contributed by atoms with Crippen molar-refractivity contribution < 1.29 is 9.18 Å². The number of carbonyl (C=O) groups excluding carboxylic acids is 1. The molecule has 0 saturated heterocycles. The molecular weight excluding hydrogens is 301 g/mol. The summed E-state index contributed by atoms with van der Waals surface area (Å²) in [5.74, 6) is 4.74. The lowest BCUT2D eigenvalue weighted by atomic mass is 10.0. The number of nitrogen functional groups attached to an aromatic ring is 1. The Morgan fingerprint density at radius 2 is 2.20 bits per heavy atom. The van der Waals surface area contributed by atoms with Gasteiger partial charge in [-0.15, -0.1) is 11.3 Å². The molecule has 0 radical (unpaired) electrons. The van der Waals surface area contributed by atoms with Gasteiger partial charge in [0, 0.05) is 17.5 Å². The van der Waals surface area contributed by atoms with Gasteiger partial charge in [0.1, 0.15) is 5.82 Å². The van der Waals surface area contributed by atoms with Crippen LogP contribution in [0.2, 0.25) is 5.02 Å². The van der Waals surface area contributed by atoms with Crippen LogP contribution in [0.3, 0.4) is 0 Å². The zero-order valence-electron chi connectivity index (χ0n) is 10.7. The molecule has 0 atom stereocenters. The van der Waals surface area contributed by atoms with Crippen LogP contribution in [-0.2, 0) is 0 Å². The monoisotopic (exact) mass is 313 g/mol. The standard InChI is InChI=1S/C13H13ClFN3OS/c1-2-18(17)13(19)11-8(6-20-12(11)16)7-3-4-10(15)9(14)5-7/h3-6H,2,16-17H2,1H3. The van der Waals surface area contributed by atoms with Gasteiger partial charge in [-0.05, 0) is 24.6 Å². The second-order valence-electron chi connectivity index (χ2n) is 4.11. The molecule has 0 spiro atoms. The van der Waals surface area contributed by atoms with Gasteiger partial charge in [0.05, 0.1) is 15.6 Å². The molecule has 0 fully saturated rings. The van der Waals surface area contributed by atoms with Gasteiger partial charge in [0.2, 0.25) is 0 Å². The number of nitrogens with zero attached hydrogens (tertiary/aromatic N) is 1. The second kappa shape index (κ2) is 5.78. The van der Waals surface area contributed by atoms with Crippen molar-refractivity contribution in [2.75, 3.05) is 12.3 Å². The van der Waals surface area contributed by atoms with Crippen molar-refractivity contribution in [1.29, 1.82) is 0 Å². The van der Waals surface area contributed by atoms with Crippen molar-refractivity contribution >= 4 is 33.8 Å². The molecule has 2 rings (SSSR count). The molecule has 0 aliphatic rings. The molecule has 0 bridgehead atoms. The molecule has 20 heavy (non-hydrogen) atoms. The SMILES string of the molecule is CCN(N)C(=O)c1c(-c2ccc(F)c(Cl)c2)csc1N. The number of hydrogen-bond acceptors (Lipinski definition) is 4. The smallest absolute Gasteiger partial charge is 0.271 e. The Morgan fingerprint density at radius 3 is 2.80 bits per heavy atom. The molecule has 4 nitrogen and oxygen atoms in total. The Labute approximate surface area is 124 Å². The highest BCUT2D eigenvalue weighted by Crippen LogP contribution is 2.35. The quantitative estimate of drug-likeness (QED) is 0.519. The Balaban J connectivity index is 2.53. The molecule has 1 heterocycles. The predicted octanol–water partition coefficient (Wildman–Crippen LogP) is 3.13. The molecule has 2 aromatic rings. The van der Waals surface area contributed by atoms with Gasteiger partial charge in [-0.1, -0.05) is 17.7 Å². The number of anilines is 1. The fraction of sp³-hybridized carbons (Fsp3) is 0.154. The van der Waals surface area contributed by atoms with Crippen molar-refractivity contribution in [2.45, 2.75) is 6.92 Å². The van der Waals surface area contributed by atoms with Crippen molar-refractivity contribution in [3.8, 4) is 11.1 Å². The third kappa shape index (κ3) is 2.63. The predicted molar refractivity (Wildman–Crippen MR) is 80.0 cm³/mol. The largest absolute Gasteiger partial charge is 0.390 e. The summed E-state index contributed by atoms with van der Waals surface area (Å²) in [6.45, 7) is 2.12. The van der Waals surface area contributed by atoms with Gasteiger partial charge < -0.3 is 5.73 Å². The number of amides is 1. The summed E-state index contributed by atoms with van der Waals surface area (Å²) in [5, 5.41) is 3.17. The highest BCUT2D eigenvalue weighted by atomic mass is 35.5. The maximum Gasteiger partial charge on any atom is 0.271 e. The number of halogens is 2. The number of nitrogens with two attached hydrogens (primary N) is 2. The number of benzene rings is 1. The topological polar surface area (TPSA) is 72.3 Å². The van der Waals surface area contributed by atoms with Crippen LogP contribution in [-0.4, -0.2) is 17.5 Å². The summed E-state index contributed by atoms with van der Waals surface area (Å²) in [5.41, 5.74) is 7.39. The van der Waals surface area contributed by atoms with E-state index < -0.39 is 5.82 Å². The van der Waals surface area contributed by atoms with Crippen molar-refractivity contribution in [3.05, 3.63) is 40.0 Å². The summed E-state index contributed by atoms with van der Waals surface area (Å²) in [6.07, 6.45) is 0. The molecule has 0 unspecified atom stereocenters. The number of thiophene rings is 1. The van der Waals surface area contributed by atoms with Crippen LogP contribution in [0, 0.1) is 5.82 Å². The summed E-state index contributed by atoms with van der Waals surface area (Å²) < 4.78 is 13.2. The zero-order valence-corrected chi connectivity index (χ0v) is 12.3. The molecule has 1 aromatic heterocycles. The maximum atomic E-state index is 13.2. The molecule has 0 aliphatic heterocycles. The lowest BCUT2D eigenvalue weighted by Gasteiger charge is -2.15. The molecular formula is C13H13ClFN3OS. The molecule has 7 heteroatoms. The summed E-state index contributed by atoms with van der Waals surface area (Å²) >= 11 is 7.00. The summed E-state index contributed by atoms with van der Waals surface area (Å²) in [7, 11) is 0. The molecule has 1 amide bonds. The second-order valence-corrected chi connectivity index (χ2v) is 5.43. The minimum absolute atomic E-state index is 0.00855. The fourth-order valence-corrected chi connectivity index (χ4v) is 2.75. The third-order valence-corrected chi connectivity index (χ3v) is 3.97. The highest BCUT2D eigenvalue weighted by Gasteiger charge is 2.21. The van der Waals surface area contributed by atoms with Gasteiger partial charge in [0.15, 0.2) is 0 Å². The van der Waals surface area contributed by atoms with Gasteiger partial charge in [-0.3, -0.25) is 9.80 Å². The molecule has 4 N–H and O–H groups in total. The van der Waals surface area contributed by atoms with E-state index in [0.717, 1.165) is 5.01 Å². The van der Waals surface area contributed by atoms with Crippen molar-refractivity contribution in [2.24, 2.45) is 5.84 Å². The van der Waals surface area contributed by atoms with Crippen LogP contribution < -0.4 is 11.6 Å². The van der Waals surface area contributed by atoms with Crippen LogP contribution in [0.5, 0.6) is 0 Å². The van der Waals surface area contributed by atoms with Crippen LogP contribution in [0.1, 0.15) is 17.3 Å². The molecule has 1 aromatic carbocycles. The van der Waals surface area contributed by atoms with Gasteiger partial charge >= 0.3 is 0 Å². The zero-order chi connectivity index (χ0) is 14.9. The van der Waals surface area contributed by atoms with E-state index in [9.17, 15) is 9.18 Å². The molecule has 0 aliphatic carbocycles. The number of hydrogen-bond donors (Lipinski definition) is 2. The Kier molecular flexibility index (Phi) is 4.27. The van der Waals surface area contributed by atoms with Gasteiger partial charge in [-0.2, -0.15) is 0 Å². The van der Waals surface area contributed by atoms with E-state index in [4.69, 9.17) is 23.2 Å². The minimum Gasteiger partial charge on any atom is -0.390 e. The number of carbonyl (C=O) groups is 1. The molecule has 0 saturated carbocycles. The first-order chi connectivity index (χ1) is 9.45. The average molecular weight is 314 g/mol. The van der Waals surface area contributed by atoms with Gasteiger partial charge in [-0.25, -0.2) is 10.2 Å². The normalized spacial score (nSPS) is 10.6. The van der Waals surface area contributed by atoms with Crippen molar-refractivity contribution in [3.63, 3.8) is 0 Å². The van der Waals surface area contributed by atoms with E-state index in [-0.39, 0.29) is 10.9 Å². The van der Waals surface area contributed by atoms with E-state index in [2.05, 4.69) is 0 Å². The van der Waals surface area contributed by atoms with Gasteiger partial charge in [0.25, 0.3) is 5.91 Å². The summed E-state index contributed by atoms with van der Waals surface area (Å²) in [6, 6.07) is 4.26. The highest BCUT2D eigenvalue weighted by molar-refractivity contribution is 7.15. The van der Waals surface area contributed by atoms with E-state index in [0.29, 0.717) is 28.2 Å². The Bertz CT molecular complexity index is 659.